The summed E-state index contributed by atoms with van der Waals surface area (Å²) in [5, 5.41) is 39.5. The van der Waals surface area contributed by atoms with E-state index in [1.807, 2.05) is 0 Å². The maximum Gasteiger partial charge on any atom is 0.337 e. The van der Waals surface area contributed by atoms with Crippen molar-refractivity contribution < 1.29 is 53.6 Å². The molecule has 3 aliphatic heterocycles. The molecule has 3 heterocycles. The van der Waals surface area contributed by atoms with Gasteiger partial charge in [0.1, 0.15) is 24.4 Å². The Morgan fingerprint density at radius 2 is 1.86 bits per heavy atom. The van der Waals surface area contributed by atoms with E-state index < -0.39 is 67.9 Å². The van der Waals surface area contributed by atoms with Crippen LogP contribution >= 0.6 is 0 Å². The highest BCUT2D eigenvalue weighted by molar-refractivity contribution is 5.88. The second-order valence-electron chi connectivity index (χ2n) is 7.33. The molecule has 0 spiro atoms. The molecule has 29 heavy (non-hydrogen) atoms. The molecule has 0 aromatic carbocycles. The normalized spacial score (nSPS) is 45.0. The van der Waals surface area contributed by atoms with E-state index in [0.717, 1.165) is 0 Å². The third-order valence-corrected chi connectivity index (χ3v) is 5.66. The molecule has 11 nitrogen and oxygen atoms in total. The van der Waals surface area contributed by atoms with Crippen molar-refractivity contribution >= 4 is 5.97 Å². The molecule has 11 heteroatoms. The molecule has 0 aromatic heterocycles. The summed E-state index contributed by atoms with van der Waals surface area (Å²) in [6.07, 6.45) is -7.54. The lowest BCUT2D eigenvalue weighted by Crippen LogP contribution is -2.61. The molecule has 166 valence electrons. The molecule has 0 saturated carbocycles. The molecule has 0 radical (unpaired) electrons. The average molecular weight is 420 g/mol. The Hall–Kier alpha value is -1.31. The van der Waals surface area contributed by atoms with Gasteiger partial charge in [-0.1, -0.05) is 0 Å². The summed E-state index contributed by atoms with van der Waals surface area (Å²) in [6.45, 7) is 1.19. The summed E-state index contributed by atoms with van der Waals surface area (Å²) in [4.78, 5) is 12.2. The van der Waals surface area contributed by atoms with Gasteiger partial charge in [0.25, 0.3) is 0 Å². The van der Waals surface area contributed by atoms with Gasteiger partial charge >= 0.3 is 5.97 Å². The number of carbonyl (C=O) groups excluding carboxylic acids is 1. The van der Waals surface area contributed by atoms with Crippen molar-refractivity contribution in [2.75, 3.05) is 20.8 Å². The second-order valence-corrected chi connectivity index (χ2v) is 7.33. The fraction of sp³-hybridized carbons (Fsp3) is 0.833. The topological polar surface area (TPSA) is 153 Å². The first-order chi connectivity index (χ1) is 13.8. The number of hydrogen-bond donors (Lipinski definition) is 4. The van der Waals surface area contributed by atoms with E-state index in [9.17, 15) is 25.2 Å². The van der Waals surface area contributed by atoms with E-state index in [0.29, 0.717) is 12.0 Å². The molecular weight excluding hydrogens is 392 g/mol. The predicted molar refractivity (Wildman–Crippen MR) is 92.8 cm³/mol. The first-order valence-electron chi connectivity index (χ1n) is 9.40. The first-order valence-corrected chi connectivity index (χ1v) is 9.40. The number of carbonyl (C=O) groups is 1. The number of fused-ring (bicyclic) bond motifs is 1. The Kier molecular flexibility index (Phi) is 7.12. The predicted octanol–water partition coefficient (Wildman–Crippen LogP) is -1.77. The van der Waals surface area contributed by atoms with E-state index >= 15 is 0 Å². The Balaban J connectivity index is 1.82. The Morgan fingerprint density at radius 3 is 2.48 bits per heavy atom. The van der Waals surface area contributed by atoms with Crippen molar-refractivity contribution in [2.45, 2.75) is 62.7 Å². The van der Waals surface area contributed by atoms with Crippen LogP contribution in [0.15, 0.2) is 11.8 Å². The minimum absolute atomic E-state index is 0.309. The Labute approximate surface area is 167 Å². The van der Waals surface area contributed by atoms with Gasteiger partial charge in [0.2, 0.25) is 6.29 Å². The Morgan fingerprint density at radius 1 is 1.14 bits per heavy atom. The maximum absolute atomic E-state index is 12.2. The van der Waals surface area contributed by atoms with Crippen LogP contribution in [0.4, 0.5) is 0 Å². The van der Waals surface area contributed by atoms with Crippen LogP contribution in [0, 0.1) is 11.8 Å². The van der Waals surface area contributed by atoms with Crippen molar-refractivity contribution in [3.63, 3.8) is 0 Å². The van der Waals surface area contributed by atoms with Gasteiger partial charge in [-0.2, -0.15) is 0 Å². The molecule has 0 amide bonds. The summed E-state index contributed by atoms with van der Waals surface area (Å²) >= 11 is 0. The van der Waals surface area contributed by atoms with Gasteiger partial charge in [-0.25, -0.2) is 4.79 Å². The largest absolute Gasteiger partial charge is 0.471 e. The first kappa shape index (κ1) is 22.4. The highest BCUT2D eigenvalue weighted by atomic mass is 16.8. The summed E-state index contributed by atoms with van der Waals surface area (Å²) in [5.41, 5.74) is 0.309. The Bertz CT molecular complexity index is 609. The van der Waals surface area contributed by atoms with Crippen LogP contribution in [-0.2, 0) is 33.2 Å². The second kappa shape index (κ2) is 9.23. The van der Waals surface area contributed by atoms with Crippen molar-refractivity contribution in [2.24, 2.45) is 11.8 Å². The summed E-state index contributed by atoms with van der Waals surface area (Å²) in [5.74, 6) is -1.40. The van der Waals surface area contributed by atoms with Crippen molar-refractivity contribution in [3.05, 3.63) is 11.8 Å². The van der Waals surface area contributed by atoms with Gasteiger partial charge < -0.3 is 48.8 Å². The van der Waals surface area contributed by atoms with Crippen LogP contribution in [0.3, 0.4) is 0 Å². The van der Waals surface area contributed by atoms with Crippen LogP contribution in [0.5, 0.6) is 0 Å². The zero-order valence-electron chi connectivity index (χ0n) is 16.4. The number of ether oxygens (including phenoxy) is 6. The number of rotatable bonds is 5. The van der Waals surface area contributed by atoms with Gasteiger partial charge in [0.05, 0.1) is 37.6 Å². The third-order valence-electron chi connectivity index (χ3n) is 5.66. The van der Waals surface area contributed by atoms with Crippen LogP contribution in [0.1, 0.15) is 13.3 Å². The van der Waals surface area contributed by atoms with Crippen LogP contribution in [0.2, 0.25) is 0 Å². The van der Waals surface area contributed by atoms with Crippen molar-refractivity contribution in [1.29, 1.82) is 0 Å². The molecular formula is C18H28O11. The highest BCUT2D eigenvalue weighted by Crippen LogP contribution is 2.43. The summed E-state index contributed by atoms with van der Waals surface area (Å²) in [7, 11) is 2.77. The molecule has 2 fully saturated rings. The lowest BCUT2D eigenvalue weighted by Gasteiger charge is -2.47. The maximum atomic E-state index is 12.2. The third kappa shape index (κ3) is 4.28. The minimum Gasteiger partial charge on any atom is -0.471 e. The molecule has 2 saturated heterocycles. The molecule has 3 rings (SSSR count). The molecule has 0 aromatic rings. The standard InChI is InChI=1S/C18H28O11/c1-7-12-8(4-11(24-2)27-7)9(16(23)25-3)6-26-17(12)29-18-15(22)14(21)13(20)10(5-19)28-18/h6-8,10-15,17-22H,4-5H2,1-3H3/t7-,8?,10+,11-,12?,13+,14-,15+,17-,18-/m0/s1. The van der Waals surface area contributed by atoms with Crippen molar-refractivity contribution in [3.8, 4) is 0 Å². The number of hydrogen-bond acceptors (Lipinski definition) is 11. The highest BCUT2D eigenvalue weighted by Gasteiger charge is 2.51. The monoisotopic (exact) mass is 420 g/mol. The molecule has 0 bridgehead atoms. The fourth-order valence-corrected chi connectivity index (χ4v) is 4.04. The van der Waals surface area contributed by atoms with E-state index in [1.54, 1.807) is 6.92 Å². The van der Waals surface area contributed by atoms with E-state index in [1.165, 1.54) is 20.5 Å². The number of aliphatic hydroxyl groups is 4. The van der Waals surface area contributed by atoms with Gasteiger partial charge in [-0.3, -0.25) is 0 Å². The van der Waals surface area contributed by atoms with E-state index in [2.05, 4.69) is 0 Å². The van der Waals surface area contributed by atoms with Gasteiger partial charge in [-0.05, 0) is 6.92 Å². The molecule has 2 unspecified atom stereocenters. The number of esters is 1. The van der Waals surface area contributed by atoms with E-state index in [4.69, 9.17) is 28.4 Å². The lowest BCUT2D eigenvalue weighted by atomic mass is 9.77. The van der Waals surface area contributed by atoms with Crippen LogP contribution in [-0.4, -0.2) is 96.6 Å². The van der Waals surface area contributed by atoms with Gasteiger partial charge in [0.15, 0.2) is 12.6 Å². The average Bonchev–Trinajstić information content (AvgIpc) is 2.73. The van der Waals surface area contributed by atoms with Crippen LogP contribution < -0.4 is 0 Å². The zero-order chi connectivity index (χ0) is 21.3. The van der Waals surface area contributed by atoms with Crippen molar-refractivity contribution in [1.82, 2.24) is 0 Å². The summed E-state index contributed by atoms with van der Waals surface area (Å²) in [6, 6.07) is 0. The zero-order valence-corrected chi connectivity index (χ0v) is 16.4. The quantitative estimate of drug-likeness (QED) is 0.374. The van der Waals surface area contributed by atoms with Crippen LogP contribution in [0.25, 0.3) is 0 Å². The molecule has 4 N–H and O–H groups in total. The van der Waals surface area contributed by atoms with E-state index in [-0.39, 0.29) is 5.92 Å². The SMILES string of the molecule is COC(=O)C1=CO[C@@H](O[C@@H]2O[C@H](CO)[C@@H](O)[C@H](O)[C@H]2O)C2C1C[C@@H](OC)O[C@H]2C. The van der Waals surface area contributed by atoms with Gasteiger partial charge in [-0.15, -0.1) is 0 Å². The summed E-state index contributed by atoms with van der Waals surface area (Å²) < 4.78 is 32.7. The lowest BCUT2D eigenvalue weighted by molar-refractivity contribution is -0.352. The minimum atomic E-state index is -1.58. The molecule has 10 atom stereocenters. The number of methoxy groups -OCH3 is 2. The molecule has 0 aliphatic carbocycles. The van der Waals surface area contributed by atoms with Gasteiger partial charge in [0, 0.05) is 19.4 Å². The smallest absolute Gasteiger partial charge is 0.337 e. The molecule has 3 aliphatic rings. The fourth-order valence-electron chi connectivity index (χ4n) is 4.04. The number of aliphatic hydroxyl groups excluding tert-OH is 4.